The van der Waals surface area contributed by atoms with Gasteiger partial charge in [-0.1, -0.05) is 12.1 Å². The lowest BCUT2D eigenvalue weighted by Crippen LogP contribution is -2.17. The second-order valence-corrected chi connectivity index (χ2v) is 7.74. The number of aromatic nitrogens is 1. The minimum absolute atomic E-state index is 0.275. The highest BCUT2D eigenvalue weighted by Crippen LogP contribution is 2.31. The minimum atomic E-state index is -0.275. The average Bonchev–Trinajstić information content (AvgIpc) is 2.93. The lowest BCUT2D eigenvalue weighted by Gasteiger charge is -2.13. The van der Waals surface area contributed by atoms with Crippen molar-refractivity contribution in [3.8, 4) is 11.4 Å². The van der Waals surface area contributed by atoms with Crippen LogP contribution in [0.1, 0.15) is 38.4 Å². The van der Waals surface area contributed by atoms with Crippen LogP contribution in [-0.4, -0.2) is 23.8 Å². The fourth-order valence-corrected chi connectivity index (χ4v) is 3.82. The Bertz CT molecular complexity index is 1080. The zero-order valence-electron chi connectivity index (χ0n) is 17.2. The highest BCUT2D eigenvalue weighted by Gasteiger charge is 2.17. The minimum Gasteiger partial charge on any atom is -0.497 e. The quantitative estimate of drug-likeness (QED) is 0.423. The van der Waals surface area contributed by atoms with Crippen LogP contribution in [0, 0.1) is 27.7 Å². The smallest absolute Gasteiger partial charge is 0.271 e. The number of nitrogens with zero attached hydrogens (tertiary/aromatic N) is 2. The molecule has 0 aliphatic rings. The molecule has 150 valence electrons. The number of hydrogen-bond acceptors (Lipinski definition) is 3. The Labute approximate surface area is 179 Å². The van der Waals surface area contributed by atoms with Crippen molar-refractivity contribution in [3.05, 3.63) is 80.6 Å². The molecule has 2 aromatic carbocycles. The molecule has 0 saturated carbocycles. The maximum atomic E-state index is 12.3. The van der Waals surface area contributed by atoms with Crippen LogP contribution in [0.4, 0.5) is 0 Å². The van der Waals surface area contributed by atoms with Crippen molar-refractivity contribution in [2.45, 2.75) is 27.7 Å². The number of hydrogen-bond donors (Lipinski definition) is 1. The van der Waals surface area contributed by atoms with Gasteiger partial charge in [-0.05, 0) is 85.1 Å². The summed E-state index contributed by atoms with van der Waals surface area (Å²) in [6.45, 7) is 8.30. The summed E-state index contributed by atoms with van der Waals surface area (Å²) in [5.41, 5.74) is 9.70. The molecule has 29 heavy (non-hydrogen) atoms. The predicted octanol–water partition coefficient (Wildman–Crippen LogP) is 5.25. The Hall–Kier alpha value is -2.86. The second kappa shape index (κ2) is 8.66. The van der Waals surface area contributed by atoms with Gasteiger partial charge in [0.15, 0.2) is 0 Å². The maximum Gasteiger partial charge on any atom is 0.271 e. The zero-order chi connectivity index (χ0) is 21.1. The summed E-state index contributed by atoms with van der Waals surface area (Å²) in [7, 11) is 1.59. The number of carbonyl (C=O) groups excluding carboxylic acids is 1. The van der Waals surface area contributed by atoms with Crippen molar-refractivity contribution in [2.75, 3.05) is 7.11 Å². The maximum absolute atomic E-state index is 12.3. The highest BCUT2D eigenvalue weighted by molar-refractivity contribution is 9.10. The Morgan fingerprint density at radius 1 is 1.07 bits per heavy atom. The number of methoxy groups -OCH3 is 1. The van der Waals surface area contributed by atoms with Gasteiger partial charge in [-0.2, -0.15) is 5.10 Å². The normalized spacial score (nSPS) is 11.1. The van der Waals surface area contributed by atoms with E-state index in [1.54, 1.807) is 37.6 Å². The van der Waals surface area contributed by atoms with E-state index in [4.69, 9.17) is 4.74 Å². The van der Waals surface area contributed by atoms with E-state index in [1.807, 2.05) is 6.92 Å². The van der Waals surface area contributed by atoms with E-state index in [-0.39, 0.29) is 5.91 Å². The van der Waals surface area contributed by atoms with E-state index >= 15 is 0 Å². The molecule has 1 heterocycles. The van der Waals surface area contributed by atoms with Crippen LogP contribution >= 0.6 is 15.9 Å². The van der Waals surface area contributed by atoms with Gasteiger partial charge in [-0.3, -0.25) is 4.79 Å². The topological polar surface area (TPSA) is 55.6 Å². The van der Waals surface area contributed by atoms with Crippen molar-refractivity contribution >= 4 is 28.1 Å². The number of amides is 1. The molecule has 3 aromatic rings. The molecule has 6 heteroatoms. The summed E-state index contributed by atoms with van der Waals surface area (Å²) < 4.78 is 8.28. The number of rotatable bonds is 5. The average molecular weight is 454 g/mol. The van der Waals surface area contributed by atoms with Gasteiger partial charge in [0, 0.05) is 32.7 Å². The van der Waals surface area contributed by atoms with Gasteiger partial charge in [-0.25, -0.2) is 5.43 Å². The van der Waals surface area contributed by atoms with Crippen molar-refractivity contribution in [1.29, 1.82) is 0 Å². The van der Waals surface area contributed by atoms with Gasteiger partial charge in [0.2, 0.25) is 0 Å². The monoisotopic (exact) mass is 453 g/mol. The second-order valence-electron chi connectivity index (χ2n) is 6.95. The summed E-state index contributed by atoms with van der Waals surface area (Å²) >= 11 is 3.68. The molecule has 0 aliphatic carbocycles. The van der Waals surface area contributed by atoms with Crippen LogP contribution in [0.2, 0.25) is 0 Å². The zero-order valence-corrected chi connectivity index (χ0v) is 18.8. The molecular weight excluding hydrogens is 430 g/mol. The first-order valence-corrected chi connectivity index (χ1v) is 10.0. The van der Waals surface area contributed by atoms with Crippen LogP contribution < -0.4 is 10.2 Å². The Morgan fingerprint density at radius 3 is 2.41 bits per heavy atom. The van der Waals surface area contributed by atoms with E-state index in [0.717, 1.165) is 27.1 Å². The van der Waals surface area contributed by atoms with E-state index < -0.39 is 0 Å². The molecule has 1 aromatic heterocycles. The number of nitrogens with one attached hydrogen (secondary N) is 1. The number of carbonyl (C=O) groups is 1. The summed E-state index contributed by atoms with van der Waals surface area (Å²) in [6.07, 6.45) is 1.68. The van der Waals surface area contributed by atoms with Crippen molar-refractivity contribution in [1.82, 2.24) is 9.99 Å². The van der Waals surface area contributed by atoms with Crippen LogP contribution in [-0.2, 0) is 0 Å². The summed E-state index contributed by atoms with van der Waals surface area (Å²) in [5, 5.41) is 4.17. The number of hydrazone groups is 1. The lowest BCUT2D eigenvalue weighted by atomic mass is 10.1. The van der Waals surface area contributed by atoms with Crippen LogP contribution in [0.15, 0.2) is 52.0 Å². The van der Waals surface area contributed by atoms with E-state index in [1.165, 1.54) is 11.1 Å². The third kappa shape index (κ3) is 4.27. The number of halogens is 1. The Balaban J connectivity index is 1.86. The fourth-order valence-electron chi connectivity index (χ4n) is 3.26. The third-order valence-electron chi connectivity index (χ3n) is 4.93. The summed E-state index contributed by atoms with van der Waals surface area (Å²) in [4.78, 5) is 12.3. The first-order valence-electron chi connectivity index (χ1n) is 9.26. The van der Waals surface area contributed by atoms with E-state index in [0.29, 0.717) is 11.3 Å². The van der Waals surface area contributed by atoms with Crippen LogP contribution in [0.25, 0.3) is 5.69 Å². The highest BCUT2D eigenvalue weighted by atomic mass is 79.9. The van der Waals surface area contributed by atoms with Gasteiger partial charge in [0.1, 0.15) is 5.75 Å². The molecule has 1 N–H and O–H groups in total. The molecule has 0 unspecified atom stereocenters. The van der Waals surface area contributed by atoms with Gasteiger partial charge in [0.25, 0.3) is 5.91 Å². The SMILES string of the molecule is COc1ccc(C(=O)N/N=C\c2c(Br)c(C)n(-c3cc(C)ccc3C)c2C)cc1. The van der Waals surface area contributed by atoms with Gasteiger partial charge in [-0.15, -0.1) is 0 Å². The molecule has 0 atom stereocenters. The molecule has 0 spiro atoms. The number of ether oxygens (including phenoxy) is 1. The molecule has 0 saturated heterocycles. The van der Waals surface area contributed by atoms with Crippen molar-refractivity contribution in [2.24, 2.45) is 5.10 Å². The summed E-state index contributed by atoms with van der Waals surface area (Å²) in [5.74, 6) is 0.427. The van der Waals surface area contributed by atoms with Crippen molar-refractivity contribution in [3.63, 3.8) is 0 Å². The largest absolute Gasteiger partial charge is 0.497 e. The first-order chi connectivity index (χ1) is 13.8. The first kappa shape index (κ1) is 20.9. The molecule has 0 radical (unpaired) electrons. The summed E-state index contributed by atoms with van der Waals surface area (Å²) in [6, 6.07) is 13.3. The standard InChI is InChI=1S/C23H24BrN3O2/c1-14-6-7-15(2)21(12-14)27-16(3)20(22(24)17(27)4)13-25-26-23(28)18-8-10-19(29-5)11-9-18/h6-13H,1-5H3,(H,26,28)/b25-13-. The fraction of sp³-hybridized carbons (Fsp3) is 0.217. The predicted molar refractivity (Wildman–Crippen MR) is 120 cm³/mol. The van der Waals surface area contributed by atoms with E-state index in [9.17, 15) is 4.79 Å². The van der Waals surface area contributed by atoms with Gasteiger partial charge < -0.3 is 9.30 Å². The van der Waals surface area contributed by atoms with E-state index in [2.05, 4.69) is 70.0 Å². The van der Waals surface area contributed by atoms with Gasteiger partial charge in [0.05, 0.1) is 13.3 Å². The molecular formula is C23H24BrN3O2. The molecule has 1 amide bonds. The third-order valence-corrected chi connectivity index (χ3v) is 5.93. The lowest BCUT2D eigenvalue weighted by molar-refractivity contribution is 0.0955. The number of benzene rings is 2. The van der Waals surface area contributed by atoms with Crippen LogP contribution in [0.3, 0.4) is 0 Å². The molecule has 3 rings (SSSR count). The Kier molecular flexibility index (Phi) is 6.23. The molecule has 0 fully saturated rings. The van der Waals surface area contributed by atoms with Gasteiger partial charge >= 0.3 is 0 Å². The van der Waals surface area contributed by atoms with Crippen LogP contribution in [0.5, 0.6) is 5.75 Å². The van der Waals surface area contributed by atoms with Crippen molar-refractivity contribution < 1.29 is 9.53 Å². The Morgan fingerprint density at radius 2 is 1.76 bits per heavy atom. The molecule has 0 bridgehead atoms. The molecule has 5 nitrogen and oxygen atoms in total. The molecule has 0 aliphatic heterocycles. The number of aryl methyl sites for hydroxylation is 2.